The Labute approximate surface area is 125 Å². The van der Waals surface area contributed by atoms with Crippen molar-refractivity contribution in [3.63, 3.8) is 0 Å². The summed E-state index contributed by atoms with van der Waals surface area (Å²) in [7, 11) is 1.44. The molecule has 0 spiro atoms. The smallest absolute Gasteiger partial charge is 0.337 e. The summed E-state index contributed by atoms with van der Waals surface area (Å²) >= 11 is 5.85. The van der Waals surface area contributed by atoms with Crippen molar-refractivity contribution in [1.82, 2.24) is 4.98 Å². The van der Waals surface area contributed by atoms with Gasteiger partial charge in [0.25, 0.3) is 5.91 Å². The standard InChI is InChI=1S/C14H11ClN2O4/c1-21-12-7-16-5-4-10(12)13(18)17-8-2-3-9(14(19)20)11(15)6-8/h2-7H,1H3,(H,17,18)(H,19,20). The number of carboxylic acids is 1. The van der Waals surface area contributed by atoms with Crippen LogP contribution in [0.3, 0.4) is 0 Å². The van der Waals surface area contributed by atoms with Crippen LogP contribution in [0.5, 0.6) is 5.75 Å². The lowest BCUT2D eigenvalue weighted by molar-refractivity contribution is 0.0697. The summed E-state index contributed by atoms with van der Waals surface area (Å²) in [6.45, 7) is 0. The molecule has 0 unspecified atom stereocenters. The molecular weight excluding hydrogens is 296 g/mol. The van der Waals surface area contributed by atoms with Gasteiger partial charge >= 0.3 is 5.97 Å². The number of halogens is 1. The van der Waals surface area contributed by atoms with Crippen molar-refractivity contribution in [3.05, 3.63) is 52.8 Å². The summed E-state index contributed by atoms with van der Waals surface area (Å²) in [5.41, 5.74) is 0.663. The summed E-state index contributed by atoms with van der Waals surface area (Å²) in [6.07, 6.45) is 2.90. The number of hydrogen-bond donors (Lipinski definition) is 2. The zero-order valence-electron chi connectivity index (χ0n) is 11.0. The number of pyridine rings is 1. The number of aromatic carboxylic acids is 1. The van der Waals surface area contributed by atoms with E-state index >= 15 is 0 Å². The molecule has 0 aliphatic rings. The third-order valence-electron chi connectivity index (χ3n) is 2.71. The van der Waals surface area contributed by atoms with Crippen molar-refractivity contribution in [2.75, 3.05) is 12.4 Å². The maximum atomic E-state index is 12.1. The molecule has 6 nitrogen and oxygen atoms in total. The van der Waals surface area contributed by atoms with E-state index in [-0.39, 0.29) is 10.6 Å². The van der Waals surface area contributed by atoms with Crippen molar-refractivity contribution in [1.29, 1.82) is 0 Å². The number of methoxy groups -OCH3 is 1. The van der Waals surface area contributed by atoms with Gasteiger partial charge in [0.1, 0.15) is 5.75 Å². The van der Waals surface area contributed by atoms with E-state index in [1.165, 1.54) is 43.8 Å². The summed E-state index contributed by atoms with van der Waals surface area (Å²) in [6, 6.07) is 5.67. The Kier molecular flexibility index (Phi) is 4.39. The SMILES string of the molecule is COc1cnccc1C(=O)Nc1ccc(C(=O)O)c(Cl)c1. The van der Waals surface area contributed by atoms with E-state index in [1.807, 2.05) is 0 Å². The minimum absolute atomic E-state index is 0.0313. The fourth-order valence-electron chi connectivity index (χ4n) is 1.69. The molecule has 0 saturated heterocycles. The minimum Gasteiger partial charge on any atom is -0.494 e. The molecule has 1 amide bonds. The van der Waals surface area contributed by atoms with Gasteiger partial charge in [-0.25, -0.2) is 4.79 Å². The Morgan fingerprint density at radius 1 is 1.29 bits per heavy atom. The lowest BCUT2D eigenvalue weighted by Gasteiger charge is -2.09. The molecule has 2 rings (SSSR count). The van der Waals surface area contributed by atoms with Crippen LogP contribution in [0.15, 0.2) is 36.7 Å². The Bertz CT molecular complexity index is 703. The molecule has 2 aromatic rings. The highest BCUT2D eigenvalue weighted by Crippen LogP contribution is 2.23. The van der Waals surface area contributed by atoms with E-state index in [2.05, 4.69) is 10.3 Å². The zero-order chi connectivity index (χ0) is 15.4. The lowest BCUT2D eigenvalue weighted by atomic mass is 10.2. The molecule has 1 heterocycles. The Balaban J connectivity index is 2.24. The second-order valence-electron chi connectivity index (χ2n) is 4.03. The molecule has 0 bridgehead atoms. The van der Waals surface area contributed by atoms with Crippen molar-refractivity contribution < 1.29 is 19.4 Å². The number of carbonyl (C=O) groups excluding carboxylic acids is 1. The number of carboxylic acid groups (broad SMARTS) is 1. The minimum atomic E-state index is -1.13. The Hall–Kier alpha value is -2.60. The second-order valence-corrected chi connectivity index (χ2v) is 4.44. The normalized spacial score (nSPS) is 10.0. The number of aromatic nitrogens is 1. The van der Waals surface area contributed by atoms with E-state index in [0.29, 0.717) is 17.0 Å². The first-order valence-corrected chi connectivity index (χ1v) is 6.23. The van der Waals surface area contributed by atoms with Crippen LogP contribution in [0.4, 0.5) is 5.69 Å². The first-order chi connectivity index (χ1) is 10.0. The zero-order valence-corrected chi connectivity index (χ0v) is 11.7. The molecule has 0 aliphatic heterocycles. The molecule has 21 heavy (non-hydrogen) atoms. The summed E-state index contributed by atoms with van der Waals surface area (Å²) in [4.78, 5) is 26.9. The third kappa shape index (κ3) is 3.29. The van der Waals surface area contributed by atoms with Gasteiger partial charge in [0.2, 0.25) is 0 Å². The molecule has 0 aliphatic carbocycles. The predicted molar refractivity (Wildman–Crippen MR) is 77.2 cm³/mol. The Morgan fingerprint density at radius 2 is 2.05 bits per heavy atom. The quantitative estimate of drug-likeness (QED) is 0.906. The number of carbonyl (C=O) groups is 2. The van der Waals surface area contributed by atoms with Crippen LogP contribution >= 0.6 is 11.6 Å². The fourth-order valence-corrected chi connectivity index (χ4v) is 1.96. The molecule has 0 fully saturated rings. The number of rotatable bonds is 4. The third-order valence-corrected chi connectivity index (χ3v) is 3.02. The summed E-state index contributed by atoms with van der Waals surface area (Å²) in [5, 5.41) is 11.5. The number of amides is 1. The molecule has 0 radical (unpaired) electrons. The van der Waals surface area contributed by atoms with E-state index < -0.39 is 11.9 Å². The lowest BCUT2D eigenvalue weighted by Crippen LogP contribution is -2.13. The largest absolute Gasteiger partial charge is 0.494 e. The first kappa shape index (κ1) is 14.8. The molecule has 1 aromatic carbocycles. The molecule has 108 valence electrons. The van der Waals surface area contributed by atoms with E-state index in [9.17, 15) is 9.59 Å². The number of hydrogen-bond acceptors (Lipinski definition) is 4. The average Bonchev–Trinajstić information content (AvgIpc) is 2.46. The number of anilines is 1. The van der Waals surface area contributed by atoms with Crippen molar-refractivity contribution in [2.24, 2.45) is 0 Å². The topological polar surface area (TPSA) is 88.5 Å². The van der Waals surface area contributed by atoms with Crippen molar-refractivity contribution in [2.45, 2.75) is 0 Å². The van der Waals surface area contributed by atoms with Crippen molar-refractivity contribution in [3.8, 4) is 5.75 Å². The molecule has 2 N–H and O–H groups in total. The van der Waals surface area contributed by atoms with Crippen LogP contribution in [0.2, 0.25) is 5.02 Å². The monoisotopic (exact) mass is 306 g/mol. The van der Waals surface area contributed by atoms with Crippen LogP contribution in [0, 0.1) is 0 Å². The van der Waals surface area contributed by atoms with Gasteiger partial charge in [0.15, 0.2) is 0 Å². The van der Waals surface area contributed by atoms with Gasteiger partial charge in [-0.05, 0) is 24.3 Å². The molecular formula is C14H11ClN2O4. The van der Waals surface area contributed by atoms with Gasteiger partial charge in [-0.1, -0.05) is 11.6 Å². The fraction of sp³-hybridized carbons (Fsp3) is 0.0714. The van der Waals surface area contributed by atoms with Crippen LogP contribution in [0.1, 0.15) is 20.7 Å². The summed E-state index contributed by atoms with van der Waals surface area (Å²) < 4.78 is 5.05. The highest BCUT2D eigenvalue weighted by atomic mass is 35.5. The molecule has 0 atom stereocenters. The highest BCUT2D eigenvalue weighted by Gasteiger charge is 2.14. The van der Waals surface area contributed by atoms with E-state index in [4.69, 9.17) is 21.4 Å². The summed E-state index contributed by atoms with van der Waals surface area (Å²) in [5.74, 6) is -1.20. The molecule has 1 aromatic heterocycles. The number of nitrogens with zero attached hydrogens (tertiary/aromatic N) is 1. The van der Waals surface area contributed by atoms with Crippen LogP contribution in [0.25, 0.3) is 0 Å². The van der Waals surface area contributed by atoms with Crippen LogP contribution in [-0.4, -0.2) is 29.1 Å². The number of nitrogens with one attached hydrogen (secondary N) is 1. The van der Waals surface area contributed by atoms with Gasteiger partial charge in [0.05, 0.1) is 29.5 Å². The maximum Gasteiger partial charge on any atom is 0.337 e. The van der Waals surface area contributed by atoms with Crippen LogP contribution < -0.4 is 10.1 Å². The molecule has 0 saturated carbocycles. The number of benzene rings is 1. The van der Waals surface area contributed by atoms with Gasteiger partial charge < -0.3 is 15.2 Å². The van der Waals surface area contributed by atoms with Gasteiger partial charge in [-0.3, -0.25) is 9.78 Å². The van der Waals surface area contributed by atoms with Gasteiger partial charge in [-0.2, -0.15) is 0 Å². The highest BCUT2D eigenvalue weighted by molar-refractivity contribution is 6.33. The van der Waals surface area contributed by atoms with Gasteiger partial charge in [-0.15, -0.1) is 0 Å². The second kappa shape index (κ2) is 6.23. The van der Waals surface area contributed by atoms with E-state index in [0.717, 1.165) is 0 Å². The number of ether oxygens (including phenoxy) is 1. The average molecular weight is 307 g/mol. The van der Waals surface area contributed by atoms with Crippen molar-refractivity contribution >= 4 is 29.2 Å². The molecule has 7 heteroatoms. The maximum absolute atomic E-state index is 12.1. The Morgan fingerprint density at radius 3 is 2.67 bits per heavy atom. The van der Waals surface area contributed by atoms with Crippen LogP contribution in [-0.2, 0) is 0 Å². The predicted octanol–water partition coefficient (Wildman–Crippen LogP) is 2.69. The van der Waals surface area contributed by atoms with Gasteiger partial charge in [0, 0.05) is 11.9 Å². The first-order valence-electron chi connectivity index (χ1n) is 5.85. The van der Waals surface area contributed by atoms with E-state index in [1.54, 1.807) is 0 Å².